The van der Waals surface area contributed by atoms with Crippen LogP contribution in [0, 0.1) is 0 Å². The lowest BCUT2D eigenvalue weighted by Gasteiger charge is -2.23. The molecule has 152 valence electrons. The molecule has 6 heteroatoms. The molecule has 2 heterocycles. The smallest absolute Gasteiger partial charge is 0.275 e. The summed E-state index contributed by atoms with van der Waals surface area (Å²) in [6, 6.07) is 23.6. The van der Waals surface area contributed by atoms with Crippen LogP contribution in [0.5, 0.6) is 0 Å². The van der Waals surface area contributed by atoms with Crippen molar-refractivity contribution in [3.63, 3.8) is 0 Å². The van der Waals surface area contributed by atoms with E-state index in [0.717, 1.165) is 23.6 Å². The van der Waals surface area contributed by atoms with Crippen molar-refractivity contribution in [3.8, 4) is 0 Å². The Labute approximate surface area is 185 Å². The van der Waals surface area contributed by atoms with E-state index in [1.165, 1.54) is 10.8 Å². The van der Waals surface area contributed by atoms with E-state index in [9.17, 15) is 4.79 Å². The summed E-state index contributed by atoms with van der Waals surface area (Å²) in [5, 5.41) is 9.08. The van der Waals surface area contributed by atoms with Crippen LogP contribution in [0.3, 0.4) is 0 Å². The van der Waals surface area contributed by atoms with Crippen LogP contribution in [0.1, 0.15) is 10.5 Å². The molecule has 0 bridgehead atoms. The number of halogens is 1. The van der Waals surface area contributed by atoms with Gasteiger partial charge in [0.05, 0.1) is 16.4 Å². The van der Waals surface area contributed by atoms with Gasteiger partial charge in [-0.2, -0.15) is 0 Å². The van der Waals surface area contributed by atoms with Crippen molar-refractivity contribution < 1.29 is 4.79 Å². The number of nitrogens with one attached hydrogen (secondary N) is 2. The lowest BCUT2D eigenvalue weighted by atomic mass is 10.1. The molecule has 0 unspecified atom stereocenters. The Kier molecular flexibility index (Phi) is 5.02. The van der Waals surface area contributed by atoms with Gasteiger partial charge in [0, 0.05) is 35.7 Å². The first-order valence-electron chi connectivity index (χ1n) is 9.94. The molecule has 2 N–H and O–H groups in total. The van der Waals surface area contributed by atoms with E-state index >= 15 is 0 Å². The average Bonchev–Trinajstić information content (AvgIpc) is 3.03. The summed E-state index contributed by atoms with van der Waals surface area (Å²) in [5.74, 6) is -0.339. The van der Waals surface area contributed by atoms with E-state index in [1.807, 2.05) is 30.3 Å². The highest BCUT2D eigenvalue weighted by molar-refractivity contribution is 6.34. The van der Waals surface area contributed by atoms with Crippen molar-refractivity contribution in [1.29, 1.82) is 0 Å². The number of anilines is 4. The summed E-state index contributed by atoms with van der Waals surface area (Å²) < 4.78 is 0. The quantitative estimate of drug-likeness (QED) is 0.408. The molecule has 0 fully saturated rings. The largest absolute Gasteiger partial charge is 0.379 e. The molecule has 1 aliphatic heterocycles. The van der Waals surface area contributed by atoms with Gasteiger partial charge in [0.2, 0.25) is 0 Å². The lowest BCUT2D eigenvalue weighted by molar-refractivity contribution is 0.102. The summed E-state index contributed by atoms with van der Waals surface area (Å²) in [4.78, 5) is 18.7. The number of aromatic nitrogens is 1. The molecule has 5 nitrogen and oxygen atoms in total. The summed E-state index contributed by atoms with van der Waals surface area (Å²) in [6.07, 6.45) is 5.70. The summed E-state index contributed by atoms with van der Waals surface area (Å²) >= 11 is 6.07. The molecule has 0 saturated heterocycles. The van der Waals surface area contributed by atoms with Crippen molar-refractivity contribution in [2.75, 3.05) is 22.1 Å². The third-order valence-electron chi connectivity index (χ3n) is 5.19. The monoisotopic (exact) mass is 426 g/mol. The van der Waals surface area contributed by atoms with E-state index < -0.39 is 0 Å². The Hall–Kier alpha value is -3.83. The van der Waals surface area contributed by atoms with Crippen molar-refractivity contribution in [2.24, 2.45) is 0 Å². The Balaban J connectivity index is 1.44. The number of hydrogen-bond acceptors (Lipinski definition) is 4. The van der Waals surface area contributed by atoms with Crippen molar-refractivity contribution in [2.45, 2.75) is 0 Å². The molecule has 0 spiro atoms. The van der Waals surface area contributed by atoms with Crippen molar-refractivity contribution in [3.05, 3.63) is 102 Å². The number of hydrogen-bond donors (Lipinski definition) is 2. The predicted molar refractivity (Wildman–Crippen MR) is 127 cm³/mol. The summed E-state index contributed by atoms with van der Waals surface area (Å²) in [7, 11) is 0. The van der Waals surface area contributed by atoms with Crippen LogP contribution >= 0.6 is 11.6 Å². The van der Waals surface area contributed by atoms with Crippen LogP contribution in [0.4, 0.5) is 22.7 Å². The lowest BCUT2D eigenvalue weighted by Crippen LogP contribution is -2.14. The van der Waals surface area contributed by atoms with Gasteiger partial charge < -0.3 is 15.5 Å². The van der Waals surface area contributed by atoms with Crippen LogP contribution in [0.15, 0.2) is 91.3 Å². The zero-order valence-electron chi connectivity index (χ0n) is 16.5. The maximum atomic E-state index is 12.5. The van der Waals surface area contributed by atoms with Gasteiger partial charge >= 0.3 is 0 Å². The number of carbonyl (C=O) groups is 1. The maximum Gasteiger partial charge on any atom is 0.275 e. The van der Waals surface area contributed by atoms with Gasteiger partial charge in [0.15, 0.2) is 0 Å². The van der Waals surface area contributed by atoms with Gasteiger partial charge in [-0.1, -0.05) is 41.9 Å². The van der Waals surface area contributed by atoms with E-state index in [4.69, 9.17) is 11.6 Å². The average molecular weight is 427 g/mol. The standard InChI is InChI=1S/C25H19ClN4O/c26-21-7-3-14-28-24(21)25(31)29-18-9-11-19(12-10-18)30-16-4-15-27-23-20-6-2-1-5-17(20)8-13-22(23)30/h1-14,16,27H,15H2,(H,29,31). The fourth-order valence-electron chi connectivity index (χ4n) is 3.72. The van der Waals surface area contributed by atoms with Gasteiger partial charge in [-0.05, 0) is 53.9 Å². The molecule has 3 aromatic carbocycles. The zero-order chi connectivity index (χ0) is 21.2. The molecule has 0 atom stereocenters. The Bertz CT molecular complexity index is 1300. The summed E-state index contributed by atoms with van der Waals surface area (Å²) in [5.41, 5.74) is 4.04. The van der Waals surface area contributed by atoms with E-state index in [0.29, 0.717) is 10.7 Å². The number of rotatable bonds is 3. The first kappa shape index (κ1) is 19.2. The van der Waals surface area contributed by atoms with Gasteiger partial charge in [-0.15, -0.1) is 0 Å². The van der Waals surface area contributed by atoms with E-state index in [-0.39, 0.29) is 11.6 Å². The maximum absolute atomic E-state index is 12.5. The molecule has 31 heavy (non-hydrogen) atoms. The molecule has 0 saturated carbocycles. The highest BCUT2D eigenvalue weighted by Gasteiger charge is 2.17. The van der Waals surface area contributed by atoms with Crippen molar-refractivity contribution >= 4 is 51.0 Å². The number of amides is 1. The first-order chi connectivity index (χ1) is 15.2. The third-order valence-corrected chi connectivity index (χ3v) is 5.50. The number of pyridine rings is 1. The predicted octanol–water partition coefficient (Wildman–Crippen LogP) is 6.22. The normalized spacial score (nSPS) is 12.7. The second-order valence-corrected chi connectivity index (χ2v) is 7.56. The highest BCUT2D eigenvalue weighted by atomic mass is 35.5. The zero-order valence-corrected chi connectivity index (χ0v) is 17.3. The van der Waals surface area contributed by atoms with E-state index in [1.54, 1.807) is 18.3 Å². The topological polar surface area (TPSA) is 57.3 Å². The van der Waals surface area contributed by atoms with Gasteiger partial charge in [-0.25, -0.2) is 4.98 Å². The Morgan fingerprint density at radius 2 is 1.84 bits per heavy atom. The molecule has 0 aliphatic carbocycles. The minimum absolute atomic E-state index is 0.204. The van der Waals surface area contributed by atoms with Crippen molar-refractivity contribution in [1.82, 2.24) is 4.98 Å². The fraction of sp³-hybridized carbons (Fsp3) is 0.0400. The Morgan fingerprint density at radius 1 is 1.00 bits per heavy atom. The third kappa shape index (κ3) is 3.71. The van der Waals surface area contributed by atoms with Crippen LogP contribution in [0.25, 0.3) is 10.8 Å². The molecule has 5 rings (SSSR count). The molecule has 1 aromatic heterocycles. The molecule has 0 radical (unpaired) electrons. The van der Waals surface area contributed by atoms with Gasteiger partial charge in [0.25, 0.3) is 5.91 Å². The number of carbonyl (C=O) groups excluding carboxylic acids is 1. The minimum Gasteiger partial charge on any atom is -0.379 e. The fourth-order valence-corrected chi connectivity index (χ4v) is 3.93. The number of benzene rings is 3. The first-order valence-corrected chi connectivity index (χ1v) is 10.3. The van der Waals surface area contributed by atoms with Crippen LogP contribution < -0.4 is 15.5 Å². The Morgan fingerprint density at radius 3 is 2.68 bits per heavy atom. The second kappa shape index (κ2) is 8.13. The number of nitrogens with zero attached hydrogens (tertiary/aromatic N) is 2. The summed E-state index contributed by atoms with van der Waals surface area (Å²) in [6.45, 7) is 0.747. The highest BCUT2D eigenvalue weighted by Crippen LogP contribution is 2.39. The molecule has 1 aliphatic rings. The minimum atomic E-state index is -0.339. The van der Waals surface area contributed by atoms with Gasteiger partial charge in [-0.3, -0.25) is 4.79 Å². The SMILES string of the molecule is O=C(Nc1ccc(N2C=CCNc3c2ccc2ccccc32)cc1)c1ncccc1Cl. The van der Waals surface area contributed by atoms with Crippen LogP contribution in [-0.2, 0) is 0 Å². The molecule has 4 aromatic rings. The van der Waals surface area contributed by atoms with Crippen LogP contribution in [-0.4, -0.2) is 17.4 Å². The van der Waals surface area contributed by atoms with Crippen LogP contribution in [0.2, 0.25) is 5.02 Å². The number of fused-ring (bicyclic) bond motifs is 3. The molecular formula is C25H19ClN4O. The van der Waals surface area contributed by atoms with Gasteiger partial charge in [0.1, 0.15) is 5.69 Å². The van der Waals surface area contributed by atoms with E-state index in [2.05, 4.69) is 63.1 Å². The molecular weight excluding hydrogens is 408 g/mol. The molecule has 1 amide bonds. The second-order valence-electron chi connectivity index (χ2n) is 7.15.